The lowest BCUT2D eigenvalue weighted by Crippen LogP contribution is -2.25. The summed E-state index contributed by atoms with van der Waals surface area (Å²) < 4.78 is 5.00. The summed E-state index contributed by atoms with van der Waals surface area (Å²) in [6.07, 6.45) is 3.83. The fourth-order valence-corrected chi connectivity index (χ4v) is 3.68. The summed E-state index contributed by atoms with van der Waals surface area (Å²) in [5.41, 5.74) is 8.00. The van der Waals surface area contributed by atoms with Gasteiger partial charge in [-0.2, -0.15) is 0 Å². The molecule has 4 heterocycles. The third-order valence-corrected chi connectivity index (χ3v) is 5.01. The standard InChI is InChI=1S/C19H17N7O2S/c1-28-19-23-9-6-11(24-19)5-8-22-17(27)12-10-29-18-14(12)15(20)25-16(26-18)13-4-2-3-7-21-13/h2-4,6-7,9-10H,5,8H2,1H3,(H,22,27)(H2,20,25,26). The number of nitrogens with two attached hydrogens (primary N) is 1. The lowest BCUT2D eigenvalue weighted by molar-refractivity contribution is 0.0956. The molecule has 0 spiro atoms. The Morgan fingerprint density at radius 2 is 2.07 bits per heavy atom. The number of nitrogens with zero attached hydrogens (tertiary/aromatic N) is 5. The number of aromatic nitrogens is 5. The van der Waals surface area contributed by atoms with E-state index in [-0.39, 0.29) is 11.7 Å². The van der Waals surface area contributed by atoms with Crippen molar-refractivity contribution in [1.29, 1.82) is 0 Å². The highest BCUT2D eigenvalue weighted by molar-refractivity contribution is 7.17. The van der Waals surface area contributed by atoms with Gasteiger partial charge in [0.05, 0.1) is 18.1 Å². The average Bonchev–Trinajstić information content (AvgIpc) is 3.19. The second-order valence-electron chi connectivity index (χ2n) is 6.02. The Labute approximate surface area is 170 Å². The van der Waals surface area contributed by atoms with E-state index in [4.69, 9.17) is 10.5 Å². The van der Waals surface area contributed by atoms with Crippen molar-refractivity contribution < 1.29 is 9.53 Å². The molecule has 10 heteroatoms. The van der Waals surface area contributed by atoms with Crippen molar-refractivity contribution in [1.82, 2.24) is 30.2 Å². The van der Waals surface area contributed by atoms with Crippen molar-refractivity contribution in [3.8, 4) is 17.5 Å². The van der Waals surface area contributed by atoms with Crippen LogP contribution < -0.4 is 15.8 Å². The van der Waals surface area contributed by atoms with E-state index in [0.717, 1.165) is 5.69 Å². The Morgan fingerprint density at radius 3 is 2.86 bits per heavy atom. The number of nitrogen functional groups attached to an aromatic ring is 1. The number of carbonyl (C=O) groups excluding carboxylic acids is 1. The lowest BCUT2D eigenvalue weighted by Gasteiger charge is -2.06. The van der Waals surface area contributed by atoms with Crippen molar-refractivity contribution >= 4 is 33.3 Å². The molecule has 0 fully saturated rings. The first kappa shape index (κ1) is 18.7. The molecule has 4 aromatic rings. The van der Waals surface area contributed by atoms with Crippen LogP contribution in [0.4, 0.5) is 5.82 Å². The maximum atomic E-state index is 12.7. The number of ether oxygens (including phenoxy) is 1. The summed E-state index contributed by atoms with van der Waals surface area (Å²) in [5, 5.41) is 5.17. The second-order valence-corrected chi connectivity index (χ2v) is 6.88. The molecule has 0 saturated carbocycles. The van der Waals surface area contributed by atoms with Gasteiger partial charge in [-0.25, -0.2) is 19.9 Å². The Kier molecular flexibility index (Phi) is 5.25. The molecular formula is C19H17N7O2S. The molecule has 4 rings (SSSR count). The van der Waals surface area contributed by atoms with E-state index in [1.807, 2.05) is 18.2 Å². The Hall–Kier alpha value is -3.66. The number of thiophene rings is 1. The maximum absolute atomic E-state index is 12.7. The van der Waals surface area contributed by atoms with Crippen LogP contribution in [0.3, 0.4) is 0 Å². The quantitative estimate of drug-likeness (QED) is 0.497. The van der Waals surface area contributed by atoms with E-state index >= 15 is 0 Å². The second kappa shape index (κ2) is 8.15. The maximum Gasteiger partial charge on any atom is 0.316 e. The topological polar surface area (TPSA) is 129 Å². The molecule has 3 N–H and O–H groups in total. The number of anilines is 1. The third kappa shape index (κ3) is 3.97. The van der Waals surface area contributed by atoms with Gasteiger partial charge in [0.15, 0.2) is 5.82 Å². The number of hydrogen-bond donors (Lipinski definition) is 2. The summed E-state index contributed by atoms with van der Waals surface area (Å²) in [6.45, 7) is 0.406. The highest BCUT2D eigenvalue weighted by atomic mass is 32.1. The zero-order valence-corrected chi connectivity index (χ0v) is 16.3. The van der Waals surface area contributed by atoms with Gasteiger partial charge in [-0.1, -0.05) is 6.07 Å². The summed E-state index contributed by atoms with van der Waals surface area (Å²) in [5.74, 6) is 0.447. The molecule has 0 aliphatic heterocycles. The highest BCUT2D eigenvalue weighted by Gasteiger charge is 2.18. The van der Waals surface area contributed by atoms with Crippen LogP contribution in [-0.4, -0.2) is 44.5 Å². The number of pyridine rings is 1. The molecule has 4 aromatic heterocycles. The van der Waals surface area contributed by atoms with Crippen LogP contribution in [0.5, 0.6) is 6.01 Å². The minimum absolute atomic E-state index is 0.238. The van der Waals surface area contributed by atoms with Gasteiger partial charge >= 0.3 is 6.01 Å². The van der Waals surface area contributed by atoms with Gasteiger partial charge in [-0.15, -0.1) is 11.3 Å². The number of methoxy groups -OCH3 is 1. The predicted molar refractivity (Wildman–Crippen MR) is 110 cm³/mol. The van der Waals surface area contributed by atoms with Crippen molar-refractivity contribution in [3.05, 3.63) is 53.3 Å². The van der Waals surface area contributed by atoms with Gasteiger partial charge < -0.3 is 15.8 Å². The van der Waals surface area contributed by atoms with Crippen LogP contribution in [0.2, 0.25) is 0 Å². The van der Waals surface area contributed by atoms with Crippen LogP contribution in [0.15, 0.2) is 42.0 Å². The van der Waals surface area contributed by atoms with E-state index in [2.05, 4.69) is 30.2 Å². The SMILES string of the molecule is COc1nccc(CCNC(=O)c2csc3nc(-c4ccccn4)nc(N)c23)n1. The fraction of sp³-hybridized carbons (Fsp3) is 0.158. The van der Waals surface area contributed by atoms with Gasteiger partial charge in [-0.3, -0.25) is 9.78 Å². The first-order valence-electron chi connectivity index (χ1n) is 8.76. The molecule has 0 saturated heterocycles. The largest absolute Gasteiger partial charge is 0.467 e. The summed E-state index contributed by atoms with van der Waals surface area (Å²) in [6, 6.07) is 7.55. The Balaban J connectivity index is 1.51. The highest BCUT2D eigenvalue weighted by Crippen LogP contribution is 2.30. The molecule has 1 amide bonds. The van der Waals surface area contributed by atoms with Crippen LogP contribution >= 0.6 is 11.3 Å². The smallest absolute Gasteiger partial charge is 0.316 e. The predicted octanol–water partition coefficient (Wildman–Crippen LogP) is 2.11. The lowest BCUT2D eigenvalue weighted by atomic mass is 10.2. The van der Waals surface area contributed by atoms with E-state index in [1.54, 1.807) is 23.8 Å². The number of rotatable bonds is 6. The number of amides is 1. The van der Waals surface area contributed by atoms with Gasteiger partial charge in [-0.05, 0) is 18.2 Å². The zero-order valence-electron chi connectivity index (χ0n) is 15.5. The Bertz CT molecular complexity index is 1160. The zero-order chi connectivity index (χ0) is 20.2. The van der Waals surface area contributed by atoms with E-state index in [9.17, 15) is 4.79 Å². The number of hydrogen-bond acceptors (Lipinski definition) is 9. The number of carbonyl (C=O) groups is 1. The van der Waals surface area contributed by atoms with Gasteiger partial charge in [0.25, 0.3) is 5.91 Å². The summed E-state index contributed by atoms with van der Waals surface area (Å²) in [7, 11) is 1.51. The molecule has 0 aromatic carbocycles. The normalized spacial score (nSPS) is 10.8. The van der Waals surface area contributed by atoms with Crippen LogP contribution in [0.1, 0.15) is 16.1 Å². The minimum atomic E-state index is -0.238. The molecule has 0 aliphatic rings. The van der Waals surface area contributed by atoms with Gasteiger partial charge in [0.2, 0.25) is 0 Å². The number of nitrogens with one attached hydrogen (secondary N) is 1. The minimum Gasteiger partial charge on any atom is -0.467 e. The van der Waals surface area contributed by atoms with E-state index < -0.39 is 0 Å². The van der Waals surface area contributed by atoms with Crippen LogP contribution in [0, 0.1) is 0 Å². The van der Waals surface area contributed by atoms with E-state index in [1.165, 1.54) is 18.4 Å². The first-order chi connectivity index (χ1) is 14.2. The van der Waals surface area contributed by atoms with E-state index in [0.29, 0.717) is 46.3 Å². The van der Waals surface area contributed by atoms with Gasteiger partial charge in [0, 0.05) is 36.4 Å². The number of fused-ring (bicyclic) bond motifs is 1. The molecule has 0 bridgehead atoms. The van der Waals surface area contributed by atoms with Crippen LogP contribution in [0.25, 0.3) is 21.7 Å². The van der Waals surface area contributed by atoms with Crippen LogP contribution in [-0.2, 0) is 6.42 Å². The Morgan fingerprint density at radius 1 is 1.17 bits per heavy atom. The van der Waals surface area contributed by atoms with Crippen molar-refractivity contribution in [2.75, 3.05) is 19.4 Å². The molecule has 9 nitrogen and oxygen atoms in total. The molecule has 0 unspecified atom stereocenters. The fourth-order valence-electron chi connectivity index (χ4n) is 2.76. The summed E-state index contributed by atoms with van der Waals surface area (Å²) >= 11 is 1.34. The van der Waals surface area contributed by atoms with Gasteiger partial charge in [0.1, 0.15) is 16.3 Å². The van der Waals surface area contributed by atoms with Crippen molar-refractivity contribution in [2.45, 2.75) is 6.42 Å². The molecular weight excluding hydrogens is 390 g/mol. The molecule has 0 radical (unpaired) electrons. The average molecular weight is 407 g/mol. The first-order valence-corrected chi connectivity index (χ1v) is 9.64. The van der Waals surface area contributed by atoms with Crippen molar-refractivity contribution in [3.63, 3.8) is 0 Å². The monoisotopic (exact) mass is 407 g/mol. The van der Waals surface area contributed by atoms with Crippen molar-refractivity contribution in [2.24, 2.45) is 0 Å². The molecule has 0 aliphatic carbocycles. The summed E-state index contributed by atoms with van der Waals surface area (Å²) in [4.78, 5) is 34.6. The molecule has 29 heavy (non-hydrogen) atoms. The molecule has 146 valence electrons. The third-order valence-electron chi connectivity index (χ3n) is 4.14. The molecule has 0 atom stereocenters.